The van der Waals surface area contributed by atoms with Gasteiger partial charge in [-0.25, -0.2) is 0 Å². The van der Waals surface area contributed by atoms with Gasteiger partial charge >= 0.3 is 5.97 Å². The second-order valence-electron chi connectivity index (χ2n) is 5.53. The first-order chi connectivity index (χ1) is 9.24. The maximum atomic E-state index is 12.1. The summed E-state index contributed by atoms with van der Waals surface area (Å²) >= 11 is 0. The van der Waals surface area contributed by atoms with Crippen LogP contribution in [-0.4, -0.2) is 47.4 Å². The highest BCUT2D eigenvalue weighted by molar-refractivity contribution is 5.88. The normalized spacial score (nSPS) is 11.0. The summed E-state index contributed by atoms with van der Waals surface area (Å²) in [4.78, 5) is 36.3. The van der Waals surface area contributed by atoms with Gasteiger partial charge in [0.1, 0.15) is 0 Å². The van der Waals surface area contributed by atoms with Gasteiger partial charge in [-0.2, -0.15) is 0 Å². The molecule has 0 rings (SSSR count). The number of carbonyl (C=O) groups is 3. The van der Waals surface area contributed by atoms with E-state index in [4.69, 9.17) is 5.11 Å². The van der Waals surface area contributed by atoms with E-state index >= 15 is 0 Å². The number of hydrogen-bond acceptors (Lipinski definition) is 3. The summed E-state index contributed by atoms with van der Waals surface area (Å²) in [6.45, 7) is 7.89. The molecule has 0 unspecified atom stereocenters. The lowest BCUT2D eigenvalue weighted by atomic mass is 9.89. The Morgan fingerprint density at radius 3 is 2.20 bits per heavy atom. The molecule has 0 saturated carbocycles. The number of amides is 2. The van der Waals surface area contributed by atoms with Crippen LogP contribution in [0, 0.1) is 5.41 Å². The molecule has 6 nitrogen and oxygen atoms in total. The summed E-state index contributed by atoms with van der Waals surface area (Å²) in [6.07, 6.45) is 1.45. The minimum atomic E-state index is -1.12. The molecule has 0 aliphatic rings. The molecule has 0 heterocycles. The molecule has 116 valence electrons. The van der Waals surface area contributed by atoms with Crippen LogP contribution in [0.1, 0.15) is 47.0 Å². The van der Waals surface area contributed by atoms with Crippen molar-refractivity contribution in [1.29, 1.82) is 0 Å². The third-order valence-corrected chi connectivity index (χ3v) is 2.92. The third-order valence-electron chi connectivity index (χ3n) is 2.92. The molecule has 0 spiro atoms. The van der Waals surface area contributed by atoms with Crippen molar-refractivity contribution < 1.29 is 19.5 Å². The Balaban J connectivity index is 4.62. The van der Waals surface area contributed by atoms with Gasteiger partial charge in [-0.05, 0) is 26.7 Å². The predicted molar refractivity (Wildman–Crippen MR) is 76.2 cm³/mol. The topological polar surface area (TPSA) is 86.7 Å². The van der Waals surface area contributed by atoms with Crippen LogP contribution in [0.3, 0.4) is 0 Å². The number of nitrogens with zero attached hydrogens (tertiary/aromatic N) is 1. The van der Waals surface area contributed by atoms with Gasteiger partial charge in [-0.15, -0.1) is 0 Å². The first-order valence-corrected chi connectivity index (χ1v) is 7.02. The zero-order valence-electron chi connectivity index (χ0n) is 12.9. The lowest BCUT2D eigenvalue weighted by Gasteiger charge is -2.26. The average Bonchev–Trinajstić information content (AvgIpc) is 2.35. The fourth-order valence-corrected chi connectivity index (χ4v) is 1.62. The Kier molecular flexibility index (Phi) is 7.87. The van der Waals surface area contributed by atoms with Crippen molar-refractivity contribution in [3.63, 3.8) is 0 Å². The number of nitrogens with one attached hydrogen (secondary N) is 1. The molecule has 0 bridgehead atoms. The minimum absolute atomic E-state index is 0.0115. The zero-order chi connectivity index (χ0) is 15.8. The molecule has 2 amide bonds. The predicted octanol–water partition coefficient (Wildman–Crippen LogP) is 1.25. The Labute approximate surface area is 120 Å². The Hall–Kier alpha value is -1.59. The lowest BCUT2D eigenvalue weighted by Crippen LogP contribution is -2.43. The van der Waals surface area contributed by atoms with Gasteiger partial charge in [0.05, 0.1) is 12.0 Å². The highest BCUT2D eigenvalue weighted by Gasteiger charge is 2.32. The molecule has 0 atom stereocenters. The van der Waals surface area contributed by atoms with Crippen LogP contribution in [-0.2, 0) is 14.4 Å². The van der Waals surface area contributed by atoms with E-state index in [1.807, 2.05) is 13.8 Å². The molecule has 0 aliphatic carbocycles. The maximum Gasteiger partial charge on any atom is 0.309 e. The van der Waals surface area contributed by atoms with Gasteiger partial charge in [0.15, 0.2) is 0 Å². The van der Waals surface area contributed by atoms with Crippen LogP contribution in [0.5, 0.6) is 0 Å². The van der Waals surface area contributed by atoms with E-state index < -0.39 is 11.4 Å². The smallest absolute Gasteiger partial charge is 0.309 e. The van der Waals surface area contributed by atoms with E-state index in [1.54, 1.807) is 0 Å². The summed E-state index contributed by atoms with van der Waals surface area (Å²) in [7, 11) is 0. The van der Waals surface area contributed by atoms with Gasteiger partial charge in [0.25, 0.3) is 0 Å². The third kappa shape index (κ3) is 6.54. The van der Waals surface area contributed by atoms with Crippen LogP contribution >= 0.6 is 0 Å². The summed E-state index contributed by atoms with van der Waals surface area (Å²) in [6, 6.07) is 0. The largest absolute Gasteiger partial charge is 0.481 e. The van der Waals surface area contributed by atoms with Gasteiger partial charge < -0.3 is 15.3 Å². The Morgan fingerprint density at radius 1 is 1.15 bits per heavy atom. The maximum absolute atomic E-state index is 12.1. The zero-order valence-corrected chi connectivity index (χ0v) is 12.9. The number of aliphatic carboxylic acids is 1. The van der Waals surface area contributed by atoms with Crippen molar-refractivity contribution in [2.24, 2.45) is 5.41 Å². The molecule has 20 heavy (non-hydrogen) atoms. The van der Waals surface area contributed by atoms with E-state index in [9.17, 15) is 14.4 Å². The molecular formula is C14H26N2O4. The fraction of sp³-hybridized carbons (Fsp3) is 0.786. The second kappa shape index (κ2) is 8.55. The lowest BCUT2D eigenvalue weighted by molar-refractivity contribution is -0.151. The highest BCUT2D eigenvalue weighted by atomic mass is 16.4. The SMILES string of the molecule is CCCNC(=O)CN(CCC)C(=O)CC(C)(C)C(=O)O. The summed E-state index contributed by atoms with van der Waals surface area (Å²) < 4.78 is 0. The van der Waals surface area contributed by atoms with Crippen LogP contribution in [0.2, 0.25) is 0 Å². The number of carboxylic acid groups (broad SMARTS) is 1. The Bertz CT molecular complexity index is 353. The van der Waals surface area contributed by atoms with Gasteiger partial charge in [0, 0.05) is 19.5 Å². The van der Waals surface area contributed by atoms with Crippen molar-refractivity contribution in [3.05, 3.63) is 0 Å². The monoisotopic (exact) mass is 286 g/mol. The van der Waals surface area contributed by atoms with E-state index in [-0.39, 0.29) is 24.8 Å². The van der Waals surface area contributed by atoms with Crippen LogP contribution in [0.15, 0.2) is 0 Å². The number of hydrogen-bond donors (Lipinski definition) is 2. The van der Waals surface area contributed by atoms with Gasteiger partial charge in [0.2, 0.25) is 11.8 Å². The van der Waals surface area contributed by atoms with E-state index in [0.29, 0.717) is 13.1 Å². The molecule has 0 aromatic rings. The fourth-order valence-electron chi connectivity index (χ4n) is 1.62. The highest BCUT2D eigenvalue weighted by Crippen LogP contribution is 2.21. The van der Waals surface area contributed by atoms with Gasteiger partial charge in [-0.1, -0.05) is 13.8 Å². The Morgan fingerprint density at radius 2 is 1.75 bits per heavy atom. The van der Waals surface area contributed by atoms with Crippen molar-refractivity contribution in [2.45, 2.75) is 47.0 Å². The van der Waals surface area contributed by atoms with Crippen LogP contribution < -0.4 is 5.32 Å². The van der Waals surface area contributed by atoms with E-state index in [2.05, 4.69) is 5.32 Å². The quantitative estimate of drug-likeness (QED) is 0.668. The molecule has 6 heteroatoms. The van der Waals surface area contributed by atoms with Crippen molar-refractivity contribution >= 4 is 17.8 Å². The number of carbonyl (C=O) groups excluding carboxylic acids is 2. The molecular weight excluding hydrogens is 260 g/mol. The minimum Gasteiger partial charge on any atom is -0.481 e. The molecule has 0 aromatic carbocycles. The standard InChI is InChI=1S/C14H26N2O4/c1-5-7-15-11(17)10-16(8-6-2)12(18)9-14(3,4)13(19)20/h5-10H2,1-4H3,(H,15,17)(H,19,20). The molecule has 0 aromatic heterocycles. The van der Waals surface area contributed by atoms with E-state index in [0.717, 1.165) is 12.8 Å². The second-order valence-corrected chi connectivity index (χ2v) is 5.53. The van der Waals surface area contributed by atoms with Crippen molar-refractivity contribution in [3.8, 4) is 0 Å². The number of carboxylic acids is 1. The molecule has 0 radical (unpaired) electrons. The molecule has 2 N–H and O–H groups in total. The van der Waals surface area contributed by atoms with Crippen molar-refractivity contribution in [1.82, 2.24) is 10.2 Å². The molecule has 0 saturated heterocycles. The molecule has 0 fully saturated rings. The first-order valence-electron chi connectivity index (χ1n) is 7.02. The van der Waals surface area contributed by atoms with Crippen LogP contribution in [0.25, 0.3) is 0 Å². The number of rotatable bonds is 9. The molecule has 0 aliphatic heterocycles. The van der Waals surface area contributed by atoms with Crippen LogP contribution in [0.4, 0.5) is 0 Å². The summed E-state index contributed by atoms with van der Waals surface area (Å²) in [5.74, 6) is -1.52. The summed E-state index contributed by atoms with van der Waals surface area (Å²) in [5, 5.41) is 11.8. The first kappa shape index (κ1) is 18.4. The van der Waals surface area contributed by atoms with E-state index in [1.165, 1.54) is 18.7 Å². The average molecular weight is 286 g/mol. The summed E-state index contributed by atoms with van der Waals surface area (Å²) in [5.41, 5.74) is -1.12. The van der Waals surface area contributed by atoms with Crippen molar-refractivity contribution in [2.75, 3.05) is 19.6 Å². The van der Waals surface area contributed by atoms with Gasteiger partial charge in [-0.3, -0.25) is 14.4 Å².